The molecule has 7 heteroatoms. The van der Waals surface area contributed by atoms with E-state index in [9.17, 15) is 8.42 Å². The van der Waals surface area contributed by atoms with Crippen molar-refractivity contribution in [2.24, 2.45) is 0 Å². The van der Waals surface area contributed by atoms with Crippen molar-refractivity contribution in [3.8, 4) is 0 Å². The summed E-state index contributed by atoms with van der Waals surface area (Å²) >= 11 is 4.83. The lowest BCUT2D eigenvalue weighted by molar-refractivity contribution is 0.469. The van der Waals surface area contributed by atoms with Crippen LogP contribution in [-0.2, 0) is 16.6 Å². The third kappa shape index (κ3) is 3.28. The molecule has 0 bridgehead atoms. The predicted molar refractivity (Wildman–Crippen MR) is 84.4 cm³/mol. The van der Waals surface area contributed by atoms with Crippen LogP contribution < -0.4 is 0 Å². The second kappa shape index (κ2) is 5.93. The van der Waals surface area contributed by atoms with E-state index in [2.05, 4.69) is 20.9 Å². The predicted octanol–water partition coefficient (Wildman–Crippen LogP) is 3.34. The topological polar surface area (TPSA) is 50.3 Å². The van der Waals surface area contributed by atoms with E-state index >= 15 is 0 Å². The monoisotopic (exact) mass is 374 g/mol. The van der Waals surface area contributed by atoms with E-state index in [1.165, 1.54) is 15.6 Å². The van der Waals surface area contributed by atoms with E-state index in [0.717, 1.165) is 15.4 Å². The maximum atomic E-state index is 12.6. The zero-order valence-electron chi connectivity index (χ0n) is 11.4. The molecule has 0 saturated heterocycles. The van der Waals surface area contributed by atoms with E-state index in [4.69, 9.17) is 0 Å². The summed E-state index contributed by atoms with van der Waals surface area (Å²) in [4.78, 5) is 5.35. The highest BCUT2D eigenvalue weighted by atomic mass is 79.9. The number of halogens is 1. The summed E-state index contributed by atoms with van der Waals surface area (Å²) in [7, 11) is -1.93. The summed E-state index contributed by atoms with van der Waals surface area (Å²) in [6.07, 6.45) is 1.72. The Labute approximate surface area is 131 Å². The quantitative estimate of drug-likeness (QED) is 0.824. The average molecular weight is 375 g/mol. The summed E-state index contributed by atoms with van der Waals surface area (Å²) in [5.74, 6) is 0. The lowest BCUT2D eigenvalue weighted by Gasteiger charge is -2.17. The van der Waals surface area contributed by atoms with Gasteiger partial charge >= 0.3 is 0 Å². The number of nitrogens with zero attached hydrogens (tertiary/aromatic N) is 2. The van der Waals surface area contributed by atoms with Crippen LogP contribution in [0.5, 0.6) is 0 Å². The van der Waals surface area contributed by atoms with Gasteiger partial charge in [0.1, 0.15) is 0 Å². The van der Waals surface area contributed by atoms with E-state index in [1.807, 2.05) is 13.8 Å². The molecule has 0 atom stereocenters. The van der Waals surface area contributed by atoms with Gasteiger partial charge in [0.2, 0.25) is 10.0 Å². The van der Waals surface area contributed by atoms with Crippen molar-refractivity contribution in [3.63, 3.8) is 0 Å². The molecule has 2 aromatic rings. The molecule has 108 valence electrons. The van der Waals surface area contributed by atoms with Gasteiger partial charge in [-0.25, -0.2) is 13.4 Å². The van der Waals surface area contributed by atoms with Crippen LogP contribution >= 0.6 is 27.3 Å². The highest BCUT2D eigenvalue weighted by molar-refractivity contribution is 9.10. The van der Waals surface area contributed by atoms with E-state index in [1.54, 1.807) is 31.4 Å². The van der Waals surface area contributed by atoms with Crippen LogP contribution in [0.4, 0.5) is 0 Å². The van der Waals surface area contributed by atoms with Crippen LogP contribution in [0.3, 0.4) is 0 Å². The maximum absolute atomic E-state index is 12.6. The number of aromatic nitrogens is 1. The van der Waals surface area contributed by atoms with Crippen molar-refractivity contribution in [2.75, 3.05) is 7.05 Å². The first-order valence-corrected chi connectivity index (χ1v) is 8.99. The van der Waals surface area contributed by atoms with E-state index in [0.29, 0.717) is 11.0 Å². The number of hydrogen-bond donors (Lipinski definition) is 0. The Morgan fingerprint density at radius 2 is 2.05 bits per heavy atom. The maximum Gasteiger partial charge on any atom is 0.244 e. The smallest absolute Gasteiger partial charge is 0.244 e. The summed E-state index contributed by atoms with van der Waals surface area (Å²) in [5, 5.41) is 0.933. The summed E-state index contributed by atoms with van der Waals surface area (Å²) in [6.45, 7) is 4.15. The van der Waals surface area contributed by atoms with Gasteiger partial charge in [-0.2, -0.15) is 4.31 Å². The molecule has 4 nitrogen and oxygen atoms in total. The molecule has 0 amide bonds. The molecule has 1 aromatic carbocycles. The van der Waals surface area contributed by atoms with Gasteiger partial charge in [-0.05, 0) is 47.5 Å². The van der Waals surface area contributed by atoms with Crippen molar-refractivity contribution in [3.05, 3.63) is 44.3 Å². The standard InChI is InChI=1S/C13H15BrN2O2S2/c1-9-4-5-13(12(14)6-9)20(17,18)16(3)8-11-7-15-10(2)19-11/h4-7H,8H2,1-3H3. The van der Waals surface area contributed by atoms with Crippen molar-refractivity contribution in [1.82, 2.24) is 9.29 Å². The first-order valence-electron chi connectivity index (χ1n) is 5.94. The minimum Gasteiger partial charge on any atom is -0.250 e. The normalized spacial score (nSPS) is 12.1. The minimum atomic E-state index is -3.51. The molecule has 0 N–H and O–H groups in total. The highest BCUT2D eigenvalue weighted by Crippen LogP contribution is 2.27. The fourth-order valence-corrected chi connectivity index (χ4v) is 4.99. The summed E-state index contributed by atoms with van der Waals surface area (Å²) in [6, 6.07) is 5.23. The largest absolute Gasteiger partial charge is 0.250 e. The second-order valence-corrected chi connectivity index (χ2v) is 8.73. The number of sulfonamides is 1. The SMILES string of the molecule is Cc1ccc(S(=O)(=O)N(C)Cc2cnc(C)s2)c(Br)c1. The number of benzene rings is 1. The van der Waals surface area contributed by atoms with Gasteiger partial charge in [0.05, 0.1) is 9.90 Å². The Morgan fingerprint density at radius 3 is 2.60 bits per heavy atom. The number of rotatable bonds is 4. The lowest BCUT2D eigenvalue weighted by atomic mass is 10.2. The zero-order chi connectivity index (χ0) is 14.9. The molecule has 0 aliphatic carbocycles. The Morgan fingerprint density at radius 1 is 1.35 bits per heavy atom. The van der Waals surface area contributed by atoms with Crippen LogP contribution in [0.25, 0.3) is 0 Å². The Balaban J connectivity index is 2.29. The van der Waals surface area contributed by atoms with Gasteiger partial charge in [-0.3, -0.25) is 0 Å². The fraction of sp³-hybridized carbons (Fsp3) is 0.308. The number of thiazole rings is 1. The molecule has 0 radical (unpaired) electrons. The molecule has 0 aliphatic rings. The summed E-state index contributed by atoms with van der Waals surface area (Å²) < 4.78 is 27.0. The van der Waals surface area contributed by atoms with Gasteiger partial charge < -0.3 is 0 Å². The van der Waals surface area contributed by atoms with Crippen LogP contribution in [-0.4, -0.2) is 24.8 Å². The third-order valence-corrected chi connectivity index (χ3v) is 6.50. The van der Waals surface area contributed by atoms with Gasteiger partial charge in [0, 0.05) is 29.1 Å². The molecule has 0 aliphatic heterocycles. The molecule has 1 heterocycles. The fourth-order valence-electron chi connectivity index (χ4n) is 1.77. The highest BCUT2D eigenvalue weighted by Gasteiger charge is 2.23. The molecule has 0 spiro atoms. The first-order chi connectivity index (χ1) is 9.30. The molecular formula is C13H15BrN2O2S2. The van der Waals surface area contributed by atoms with Crippen molar-refractivity contribution in [1.29, 1.82) is 0 Å². The first kappa shape index (κ1) is 15.6. The zero-order valence-corrected chi connectivity index (χ0v) is 14.6. The van der Waals surface area contributed by atoms with Gasteiger partial charge in [-0.1, -0.05) is 6.07 Å². The van der Waals surface area contributed by atoms with Gasteiger partial charge in [0.15, 0.2) is 0 Å². The van der Waals surface area contributed by atoms with E-state index in [-0.39, 0.29) is 4.90 Å². The summed E-state index contributed by atoms with van der Waals surface area (Å²) in [5.41, 5.74) is 1.01. The van der Waals surface area contributed by atoms with Crippen LogP contribution in [0.2, 0.25) is 0 Å². The molecule has 2 rings (SSSR count). The third-order valence-electron chi connectivity index (χ3n) is 2.82. The van der Waals surface area contributed by atoms with Gasteiger partial charge in [0.25, 0.3) is 0 Å². The second-order valence-electron chi connectivity index (χ2n) is 4.54. The Kier molecular flexibility index (Phi) is 4.63. The van der Waals surface area contributed by atoms with Crippen molar-refractivity contribution in [2.45, 2.75) is 25.3 Å². The van der Waals surface area contributed by atoms with Crippen LogP contribution in [0.15, 0.2) is 33.8 Å². The number of aryl methyl sites for hydroxylation is 2. The molecule has 0 fully saturated rings. The van der Waals surface area contributed by atoms with Gasteiger partial charge in [-0.15, -0.1) is 11.3 Å². The molecule has 20 heavy (non-hydrogen) atoms. The molecular weight excluding hydrogens is 360 g/mol. The van der Waals surface area contributed by atoms with E-state index < -0.39 is 10.0 Å². The molecule has 1 aromatic heterocycles. The van der Waals surface area contributed by atoms with Crippen LogP contribution in [0.1, 0.15) is 15.4 Å². The van der Waals surface area contributed by atoms with Crippen molar-refractivity contribution >= 4 is 37.3 Å². The van der Waals surface area contributed by atoms with Crippen molar-refractivity contribution < 1.29 is 8.42 Å². The molecule has 0 saturated carbocycles. The average Bonchev–Trinajstić information content (AvgIpc) is 2.74. The number of hydrogen-bond acceptors (Lipinski definition) is 4. The Hall–Kier alpha value is -0.760. The minimum absolute atomic E-state index is 0.284. The Bertz CT molecular complexity index is 726. The lowest BCUT2D eigenvalue weighted by Crippen LogP contribution is -2.26. The molecule has 0 unspecified atom stereocenters. The van der Waals surface area contributed by atoms with Crippen LogP contribution in [0, 0.1) is 13.8 Å².